The first-order valence-electron chi connectivity index (χ1n) is 10.2. The summed E-state index contributed by atoms with van der Waals surface area (Å²) in [5.41, 5.74) is 2.32. The SMILES string of the molecule is COc1ccc(Cc2cc(Cl)ccc2NC(=O)CNS(=O)(=O)c2ccc(OC)c(OC)c2)cc1. The Hall–Kier alpha value is -3.27. The van der Waals surface area contributed by atoms with Crippen molar-refractivity contribution in [2.75, 3.05) is 33.2 Å². The molecule has 3 rings (SSSR count). The zero-order valence-electron chi connectivity index (χ0n) is 18.9. The molecule has 0 unspecified atom stereocenters. The normalized spacial score (nSPS) is 11.1. The monoisotopic (exact) mass is 504 g/mol. The molecule has 0 atom stereocenters. The summed E-state index contributed by atoms with van der Waals surface area (Å²) >= 11 is 6.16. The molecule has 180 valence electrons. The molecule has 0 aliphatic carbocycles. The van der Waals surface area contributed by atoms with E-state index in [1.807, 2.05) is 24.3 Å². The minimum atomic E-state index is -3.96. The molecule has 0 aliphatic rings. The van der Waals surface area contributed by atoms with Crippen molar-refractivity contribution in [1.82, 2.24) is 4.72 Å². The van der Waals surface area contributed by atoms with E-state index in [0.717, 1.165) is 16.9 Å². The topological polar surface area (TPSA) is 103 Å². The van der Waals surface area contributed by atoms with Crippen LogP contribution in [-0.2, 0) is 21.2 Å². The number of carbonyl (C=O) groups is 1. The largest absolute Gasteiger partial charge is 0.497 e. The summed E-state index contributed by atoms with van der Waals surface area (Å²) in [6.45, 7) is -0.457. The lowest BCUT2D eigenvalue weighted by Gasteiger charge is -2.13. The molecule has 0 fully saturated rings. The van der Waals surface area contributed by atoms with Gasteiger partial charge in [0, 0.05) is 16.8 Å². The van der Waals surface area contributed by atoms with Gasteiger partial charge in [0.25, 0.3) is 0 Å². The second kappa shape index (κ2) is 11.2. The van der Waals surface area contributed by atoms with E-state index in [1.54, 1.807) is 25.3 Å². The molecular formula is C24H25ClN2O6S. The van der Waals surface area contributed by atoms with Crippen LogP contribution >= 0.6 is 11.6 Å². The fraction of sp³-hybridized carbons (Fsp3) is 0.208. The maximum absolute atomic E-state index is 12.6. The van der Waals surface area contributed by atoms with E-state index < -0.39 is 22.5 Å². The van der Waals surface area contributed by atoms with Crippen LogP contribution in [0.15, 0.2) is 65.6 Å². The fourth-order valence-electron chi connectivity index (χ4n) is 3.22. The van der Waals surface area contributed by atoms with Crippen molar-refractivity contribution in [3.63, 3.8) is 0 Å². The van der Waals surface area contributed by atoms with Gasteiger partial charge in [-0.25, -0.2) is 13.1 Å². The molecule has 34 heavy (non-hydrogen) atoms. The molecule has 3 aromatic carbocycles. The molecule has 8 nitrogen and oxygen atoms in total. The highest BCUT2D eigenvalue weighted by Crippen LogP contribution is 2.29. The standard InChI is InChI=1S/C24H25ClN2O6S/c1-31-19-7-4-16(5-8-19)12-17-13-18(25)6-10-21(17)27-24(28)15-26-34(29,30)20-9-11-22(32-2)23(14-20)33-3/h4-11,13-14,26H,12,15H2,1-3H3,(H,27,28). The van der Waals surface area contributed by atoms with E-state index in [-0.39, 0.29) is 10.6 Å². The third-order valence-electron chi connectivity index (χ3n) is 4.98. The van der Waals surface area contributed by atoms with Crippen molar-refractivity contribution in [3.05, 3.63) is 76.8 Å². The Balaban J connectivity index is 1.70. The number of ether oxygens (including phenoxy) is 3. The molecule has 2 N–H and O–H groups in total. The van der Waals surface area contributed by atoms with Gasteiger partial charge in [-0.3, -0.25) is 4.79 Å². The Morgan fingerprint density at radius 2 is 1.59 bits per heavy atom. The van der Waals surface area contributed by atoms with Crippen molar-refractivity contribution in [2.24, 2.45) is 0 Å². The van der Waals surface area contributed by atoms with E-state index in [4.69, 9.17) is 25.8 Å². The second-order valence-electron chi connectivity index (χ2n) is 7.22. The molecular weight excluding hydrogens is 480 g/mol. The van der Waals surface area contributed by atoms with E-state index in [1.165, 1.54) is 32.4 Å². The molecule has 10 heteroatoms. The predicted octanol–water partition coefficient (Wildman–Crippen LogP) is 3.87. The zero-order valence-corrected chi connectivity index (χ0v) is 20.5. The van der Waals surface area contributed by atoms with Gasteiger partial charge in [-0.05, 0) is 60.0 Å². The van der Waals surface area contributed by atoms with Crippen LogP contribution in [0.5, 0.6) is 17.2 Å². The van der Waals surface area contributed by atoms with Crippen LogP contribution in [0.25, 0.3) is 0 Å². The summed E-state index contributed by atoms with van der Waals surface area (Å²) in [6.07, 6.45) is 0.511. The van der Waals surface area contributed by atoms with Gasteiger partial charge in [0.05, 0.1) is 32.8 Å². The van der Waals surface area contributed by atoms with Gasteiger partial charge in [-0.15, -0.1) is 0 Å². The maximum atomic E-state index is 12.6. The number of halogens is 1. The Morgan fingerprint density at radius 1 is 0.882 bits per heavy atom. The Kier molecular flexibility index (Phi) is 8.38. The van der Waals surface area contributed by atoms with E-state index >= 15 is 0 Å². The molecule has 1 amide bonds. The number of benzene rings is 3. The molecule has 0 heterocycles. The molecule has 0 saturated heterocycles. The van der Waals surface area contributed by atoms with Crippen molar-refractivity contribution >= 4 is 33.2 Å². The average molecular weight is 505 g/mol. The number of sulfonamides is 1. The summed E-state index contributed by atoms with van der Waals surface area (Å²) in [6, 6.07) is 16.8. The van der Waals surface area contributed by atoms with Crippen LogP contribution in [0, 0.1) is 0 Å². The third-order valence-corrected chi connectivity index (χ3v) is 6.62. The van der Waals surface area contributed by atoms with Crippen LogP contribution in [0.3, 0.4) is 0 Å². The van der Waals surface area contributed by atoms with Gasteiger partial charge in [-0.1, -0.05) is 23.7 Å². The number of carbonyl (C=O) groups excluding carboxylic acids is 1. The molecule has 0 radical (unpaired) electrons. The highest BCUT2D eigenvalue weighted by molar-refractivity contribution is 7.89. The molecule has 0 aromatic heterocycles. The van der Waals surface area contributed by atoms with Crippen LogP contribution in [0.1, 0.15) is 11.1 Å². The van der Waals surface area contributed by atoms with Crippen LogP contribution in [0.4, 0.5) is 5.69 Å². The molecule has 0 aliphatic heterocycles. The first-order chi connectivity index (χ1) is 16.2. The molecule has 3 aromatic rings. The van der Waals surface area contributed by atoms with Gasteiger partial charge in [-0.2, -0.15) is 0 Å². The van der Waals surface area contributed by atoms with E-state index in [0.29, 0.717) is 22.9 Å². The first-order valence-corrected chi connectivity index (χ1v) is 12.0. The first kappa shape index (κ1) is 25.4. The summed E-state index contributed by atoms with van der Waals surface area (Å²) < 4.78 is 43.0. The minimum absolute atomic E-state index is 0.0513. The van der Waals surface area contributed by atoms with E-state index in [2.05, 4.69) is 10.0 Å². The third kappa shape index (κ3) is 6.40. The number of amides is 1. The number of hydrogen-bond donors (Lipinski definition) is 2. The number of anilines is 1. The van der Waals surface area contributed by atoms with Crippen molar-refractivity contribution in [1.29, 1.82) is 0 Å². The molecule has 0 spiro atoms. The highest BCUT2D eigenvalue weighted by Gasteiger charge is 2.19. The predicted molar refractivity (Wildman–Crippen MR) is 131 cm³/mol. The minimum Gasteiger partial charge on any atom is -0.497 e. The Labute approximate surface area is 203 Å². The van der Waals surface area contributed by atoms with Crippen LogP contribution in [0.2, 0.25) is 5.02 Å². The van der Waals surface area contributed by atoms with Crippen molar-refractivity contribution < 1.29 is 27.4 Å². The lowest BCUT2D eigenvalue weighted by atomic mass is 10.0. The van der Waals surface area contributed by atoms with Gasteiger partial charge in [0.2, 0.25) is 15.9 Å². The maximum Gasteiger partial charge on any atom is 0.241 e. The van der Waals surface area contributed by atoms with Crippen molar-refractivity contribution in [2.45, 2.75) is 11.3 Å². The zero-order chi connectivity index (χ0) is 24.7. The number of methoxy groups -OCH3 is 3. The van der Waals surface area contributed by atoms with Gasteiger partial charge in [0.15, 0.2) is 11.5 Å². The van der Waals surface area contributed by atoms with Crippen LogP contribution in [-0.4, -0.2) is 42.2 Å². The number of nitrogens with one attached hydrogen (secondary N) is 2. The summed E-state index contributed by atoms with van der Waals surface area (Å²) in [5.74, 6) is 0.873. The lowest BCUT2D eigenvalue weighted by molar-refractivity contribution is -0.115. The lowest BCUT2D eigenvalue weighted by Crippen LogP contribution is -2.33. The van der Waals surface area contributed by atoms with Crippen molar-refractivity contribution in [3.8, 4) is 17.2 Å². The highest BCUT2D eigenvalue weighted by atomic mass is 35.5. The molecule has 0 saturated carbocycles. The molecule has 0 bridgehead atoms. The number of rotatable bonds is 10. The Bertz CT molecular complexity index is 1260. The summed E-state index contributed by atoms with van der Waals surface area (Å²) in [4.78, 5) is 12.5. The van der Waals surface area contributed by atoms with Gasteiger partial charge >= 0.3 is 0 Å². The average Bonchev–Trinajstić information content (AvgIpc) is 2.84. The van der Waals surface area contributed by atoms with Crippen LogP contribution < -0.4 is 24.2 Å². The van der Waals surface area contributed by atoms with Gasteiger partial charge < -0.3 is 19.5 Å². The summed E-state index contributed by atoms with van der Waals surface area (Å²) in [5, 5.41) is 3.28. The van der Waals surface area contributed by atoms with E-state index in [9.17, 15) is 13.2 Å². The number of hydrogen-bond acceptors (Lipinski definition) is 6. The quantitative estimate of drug-likeness (QED) is 0.434. The fourth-order valence-corrected chi connectivity index (χ4v) is 4.41. The summed E-state index contributed by atoms with van der Waals surface area (Å²) in [7, 11) is 0.500. The second-order valence-corrected chi connectivity index (χ2v) is 9.42. The van der Waals surface area contributed by atoms with Gasteiger partial charge in [0.1, 0.15) is 5.75 Å². The Morgan fingerprint density at radius 3 is 2.24 bits per heavy atom. The smallest absolute Gasteiger partial charge is 0.241 e.